The molecule has 1 atom stereocenters. The van der Waals surface area contributed by atoms with E-state index in [0.29, 0.717) is 47.4 Å². The topological polar surface area (TPSA) is 126 Å². The lowest BCUT2D eigenvalue weighted by Crippen LogP contribution is -2.52. The molecule has 0 aliphatic carbocycles. The Morgan fingerprint density at radius 3 is 2.54 bits per heavy atom. The monoisotopic (exact) mass is 619 g/mol. The Hall–Kier alpha value is -3.15. The van der Waals surface area contributed by atoms with E-state index in [1.54, 1.807) is 54.6 Å². The molecule has 0 radical (unpaired) electrons. The van der Waals surface area contributed by atoms with Crippen molar-refractivity contribution in [1.29, 1.82) is 0 Å². The molecule has 1 aliphatic heterocycles. The van der Waals surface area contributed by atoms with Gasteiger partial charge in [-0.2, -0.15) is 0 Å². The number of aliphatic imine (C=N–C) groups is 1. The number of benzene rings is 3. The van der Waals surface area contributed by atoms with Crippen molar-refractivity contribution in [2.24, 2.45) is 4.99 Å². The zero-order valence-electron chi connectivity index (χ0n) is 22.2. The van der Waals surface area contributed by atoms with E-state index < -0.39 is 21.3 Å². The summed E-state index contributed by atoms with van der Waals surface area (Å²) >= 11 is 12.2. The number of amides is 1. The number of hydrogen-bond acceptors (Lipinski definition) is 8. The summed E-state index contributed by atoms with van der Waals surface area (Å²) in [4.78, 5) is 18.3. The van der Waals surface area contributed by atoms with Crippen LogP contribution in [0.15, 0.2) is 82.7 Å². The van der Waals surface area contributed by atoms with Crippen molar-refractivity contribution < 1.29 is 27.8 Å². The molecule has 3 aromatic carbocycles. The van der Waals surface area contributed by atoms with Gasteiger partial charge in [0, 0.05) is 35.2 Å². The van der Waals surface area contributed by atoms with E-state index in [9.17, 15) is 13.2 Å². The van der Waals surface area contributed by atoms with Gasteiger partial charge < -0.3 is 14.6 Å². The molecule has 0 bridgehead atoms. The second-order valence-electron chi connectivity index (χ2n) is 9.44. The maximum absolute atomic E-state index is 13.5. The number of aliphatic hydroxyl groups excluding tert-OH is 1. The number of sulfone groups is 1. The minimum atomic E-state index is -3.67. The number of nitrogens with zero attached hydrogens (tertiary/aromatic N) is 1. The summed E-state index contributed by atoms with van der Waals surface area (Å²) in [6, 6.07) is 20.3. The highest BCUT2D eigenvalue weighted by Crippen LogP contribution is 2.28. The standard InChI is InChI=1S/C29H31Cl2N3O6S/c30-23-10-7-21(26(31)19-23)13-15-32-34-28(36)29(14-18-41(37,38)25-5-2-1-3-6-25)20-40-27(33-29)22-8-11-24(12-9-22)39-17-4-16-35/h1-3,5-12,19,32,35H,4,13-18,20H2,(H,34,36)/t29-/m0/s1. The molecule has 0 aromatic heterocycles. The number of nitrogens with one attached hydrogen (secondary N) is 2. The second-order valence-corrected chi connectivity index (χ2v) is 12.4. The summed E-state index contributed by atoms with van der Waals surface area (Å²) in [6.07, 6.45) is 0.942. The highest BCUT2D eigenvalue weighted by atomic mass is 35.5. The molecule has 0 spiro atoms. The number of hydrogen-bond donors (Lipinski definition) is 3. The van der Waals surface area contributed by atoms with Crippen molar-refractivity contribution in [1.82, 2.24) is 10.9 Å². The van der Waals surface area contributed by atoms with Gasteiger partial charge >= 0.3 is 0 Å². The highest BCUT2D eigenvalue weighted by Gasteiger charge is 2.45. The molecular weight excluding hydrogens is 589 g/mol. The van der Waals surface area contributed by atoms with Gasteiger partial charge in [-0.25, -0.2) is 18.8 Å². The van der Waals surface area contributed by atoms with E-state index in [4.69, 9.17) is 37.8 Å². The Morgan fingerprint density at radius 1 is 1.07 bits per heavy atom. The Kier molecular flexibility index (Phi) is 10.6. The van der Waals surface area contributed by atoms with Crippen LogP contribution in [0, 0.1) is 0 Å². The first-order chi connectivity index (χ1) is 19.7. The maximum Gasteiger partial charge on any atom is 0.265 e. The van der Waals surface area contributed by atoms with Crippen LogP contribution in [0.25, 0.3) is 0 Å². The minimum absolute atomic E-state index is 0.0383. The molecule has 0 unspecified atom stereocenters. The summed E-state index contributed by atoms with van der Waals surface area (Å²) in [5.41, 5.74) is 5.56. The van der Waals surface area contributed by atoms with Crippen LogP contribution in [0.5, 0.6) is 5.75 Å². The van der Waals surface area contributed by atoms with Crippen molar-refractivity contribution >= 4 is 44.8 Å². The van der Waals surface area contributed by atoms with Gasteiger partial charge in [0.25, 0.3) is 5.91 Å². The number of halogens is 2. The Balaban J connectivity index is 1.48. The predicted molar refractivity (Wildman–Crippen MR) is 158 cm³/mol. The first-order valence-electron chi connectivity index (χ1n) is 13.0. The van der Waals surface area contributed by atoms with E-state index in [2.05, 4.69) is 15.8 Å². The lowest BCUT2D eigenvalue weighted by molar-refractivity contribution is -0.127. The first-order valence-corrected chi connectivity index (χ1v) is 15.4. The third kappa shape index (κ3) is 8.21. The van der Waals surface area contributed by atoms with Gasteiger partial charge in [0.2, 0.25) is 5.90 Å². The predicted octanol–water partition coefficient (Wildman–Crippen LogP) is 4.00. The molecule has 0 saturated heterocycles. The van der Waals surface area contributed by atoms with Gasteiger partial charge in [-0.05, 0) is 66.9 Å². The molecule has 3 aromatic rings. The van der Waals surface area contributed by atoms with Crippen LogP contribution in [-0.2, 0) is 25.8 Å². The van der Waals surface area contributed by atoms with Crippen molar-refractivity contribution in [3.63, 3.8) is 0 Å². The van der Waals surface area contributed by atoms with Gasteiger partial charge in [0.1, 0.15) is 12.4 Å². The fraction of sp³-hybridized carbons (Fsp3) is 0.310. The van der Waals surface area contributed by atoms with Crippen LogP contribution in [0.3, 0.4) is 0 Å². The number of carbonyl (C=O) groups excluding carboxylic acids is 1. The molecule has 9 nitrogen and oxygen atoms in total. The number of hydrazine groups is 1. The van der Waals surface area contributed by atoms with Crippen molar-refractivity contribution in [3.8, 4) is 5.75 Å². The van der Waals surface area contributed by atoms with Crippen LogP contribution in [0.4, 0.5) is 0 Å². The Bertz CT molecular complexity index is 1470. The van der Waals surface area contributed by atoms with Gasteiger partial charge in [-0.3, -0.25) is 10.2 Å². The van der Waals surface area contributed by atoms with Gasteiger partial charge in [-0.1, -0.05) is 47.5 Å². The molecule has 0 fully saturated rings. The normalized spacial score (nSPS) is 16.6. The molecule has 0 saturated carbocycles. The fourth-order valence-corrected chi connectivity index (χ4v) is 6.05. The molecule has 41 heavy (non-hydrogen) atoms. The Morgan fingerprint density at radius 2 is 1.83 bits per heavy atom. The number of rotatable bonds is 14. The molecular formula is C29H31Cl2N3O6S. The van der Waals surface area contributed by atoms with Crippen LogP contribution >= 0.6 is 23.2 Å². The van der Waals surface area contributed by atoms with Crippen LogP contribution in [-0.4, -0.2) is 63.0 Å². The smallest absolute Gasteiger partial charge is 0.265 e. The molecule has 12 heteroatoms. The summed E-state index contributed by atoms with van der Waals surface area (Å²) in [5.74, 6) is 0.0283. The lowest BCUT2D eigenvalue weighted by atomic mass is 9.98. The largest absolute Gasteiger partial charge is 0.494 e. The average molecular weight is 621 g/mol. The molecule has 218 valence electrons. The summed E-state index contributed by atoms with van der Waals surface area (Å²) in [6.45, 7) is 0.652. The Labute approximate surface area is 249 Å². The zero-order chi connectivity index (χ0) is 29.3. The average Bonchev–Trinajstić information content (AvgIpc) is 3.42. The van der Waals surface area contributed by atoms with Crippen LogP contribution in [0.1, 0.15) is 24.0 Å². The zero-order valence-corrected chi connectivity index (χ0v) is 24.5. The summed E-state index contributed by atoms with van der Waals surface area (Å²) in [5, 5.41) is 9.99. The summed E-state index contributed by atoms with van der Waals surface area (Å²) in [7, 11) is -3.67. The van der Waals surface area contributed by atoms with Gasteiger partial charge in [0.05, 0.1) is 17.3 Å². The van der Waals surface area contributed by atoms with E-state index in [-0.39, 0.29) is 36.2 Å². The third-order valence-corrected chi connectivity index (χ3v) is 8.80. The van der Waals surface area contributed by atoms with Crippen molar-refractivity contribution in [2.45, 2.75) is 29.7 Å². The van der Waals surface area contributed by atoms with E-state index in [1.807, 2.05) is 6.07 Å². The lowest BCUT2D eigenvalue weighted by Gasteiger charge is -2.23. The molecule has 3 N–H and O–H groups in total. The van der Waals surface area contributed by atoms with Gasteiger partial charge in [0.15, 0.2) is 15.4 Å². The number of aliphatic hydroxyl groups is 1. The van der Waals surface area contributed by atoms with Gasteiger partial charge in [-0.15, -0.1) is 0 Å². The number of carbonyl (C=O) groups is 1. The highest BCUT2D eigenvalue weighted by molar-refractivity contribution is 7.91. The van der Waals surface area contributed by atoms with Crippen molar-refractivity contribution in [2.75, 3.05) is 32.1 Å². The maximum atomic E-state index is 13.5. The second kappa shape index (κ2) is 14.2. The molecule has 1 heterocycles. The third-order valence-electron chi connectivity index (χ3n) is 6.48. The van der Waals surface area contributed by atoms with Crippen LogP contribution in [0.2, 0.25) is 10.0 Å². The van der Waals surface area contributed by atoms with E-state index in [0.717, 1.165) is 5.56 Å². The fourth-order valence-electron chi connectivity index (χ4n) is 4.13. The quantitative estimate of drug-likeness (QED) is 0.184. The van der Waals surface area contributed by atoms with E-state index >= 15 is 0 Å². The SMILES string of the molecule is O=C(NNCCc1ccc(Cl)cc1Cl)[C@]1(CCS(=O)(=O)c2ccccc2)COC(c2ccc(OCCCO)cc2)=N1. The number of ether oxygens (including phenoxy) is 2. The molecule has 4 rings (SSSR count). The molecule has 1 amide bonds. The summed E-state index contributed by atoms with van der Waals surface area (Å²) < 4.78 is 37.5. The first kappa shape index (κ1) is 30.8. The van der Waals surface area contributed by atoms with Crippen LogP contribution < -0.4 is 15.6 Å². The van der Waals surface area contributed by atoms with E-state index in [1.165, 1.54) is 12.1 Å². The minimum Gasteiger partial charge on any atom is -0.494 e. The molecule has 1 aliphatic rings. The van der Waals surface area contributed by atoms with Crippen molar-refractivity contribution in [3.05, 3.63) is 94.0 Å².